The molecule has 20 heavy (non-hydrogen) atoms. The molecule has 1 fully saturated rings. The molecule has 1 saturated carbocycles. The molecular formula is C17H26N2O. The zero-order chi connectivity index (χ0) is 14.4. The molecule has 0 atom stereocenters. The standard InChI is InChI=1S/C17H26N2O/c1-2-12-19(13-14-8-10-16(18)11-9-14)17(20)15-6-4-3-5-7-15/h8-11,15H,2-7,12-13,18H2,1H3. The Morgan fingerprint density at radius 1 is 1.20 bits per heavy atom. The normalized spacial score (nSPS) is 16.1. The second-order valence-electron chi connectivity index (χ2n) is 5.84. The van der Waals surface area contributed by atoms with Gasteiger partial charge >= 0.3 is 0 Å². The Morgan fingerprint density at radius 3 is 2.45 bits per heavy atom. The van der Waals surface area contributed by atoms with Gasteiger partial charge in [0.1, 0.15) is 0 Å². The predicted octanol–water partition coefficient (Wildman–Crippen LogP) is 3.59. The first kappa shape index (κ1) is 14.9. The summed E-state index contributed by atoms with van der Waals surface area (Å²) in [5.41, 5.74) is 7.65. The Hall–Kier alpha value is -1.51. The van der Waals surface area contributed by atoms with Crippen molar-refractivity contribution in [3.05, 3.63) is 29.8 Å². The van der Waals surface area contributed by atoms with Crippen molar-refractivity contribution in [2.24, 2.45) is 5.92 Å². The van der Waals surface area contributed by atoms with E-state index in [0.29, 0.717) is 12.5 Å². The topological polar surface area (TPSA) is 46.3 Å². The molecule has 0 aromatic heterocycles. The maximum Gasteiger partial charge on any atom is 0.225 e. The highest BCUT2D eigenvalue weighted by molar-refractivity contribution is 5.79. The smallest absolute Gasteiger partial charge is 0.225 e. The van der Waals surface area contributed by atoms with Gasteiger partial charge in [0.25, 0.3) is 0 Å². The zero-order valence-corrected chi connectivity index (χ0v) is 12.5. The van der Waals surface area contributed by atoms with Crippen LogP contribution in [0.5, 0.6) is 0 Å². The number of anilines is 1. The first-order valence-electron chi connectivity index (χ1n) is 7.84. The van der Waals surface area contributed by atoms with Gasteiger partial charge in [0.05, 0.1) is 0 Å². The first-order valence-corrected chi connectivity index (χ1v) is 7.84. The number of benzene rings is 1. The summed E-state index contributed by atoms with van der Waals surface area (Å²) >= 11 is 0. The lowest BCUT2D eigenvalue weighted by atomic mass is 9.88. The van der Waals surface area contributed by atoms with Crippen LogP contribution >= 0.6 is 0 Å². The van der Waals surface area contributed by atoms with E-state index in [1.54, 1.807) is 0 Å². The average molecular weight is 274 g/mol. The molecule has 3 nitrogen and oxygen atoms in total. The average Bonchev–Trinajstić information content (AvgIpc) is 2.49. The minimum atomic E-state index is 0.254. The van der Waals surface area contributed by atoms with E-state index >= 15 is 0 Å². The Morgan fingerprint density at radius 2 is 1.85 bits per heavy atom. The van der Waals surface area contributed by atoms with E-state index in [1.807, 2.05) is 29.2 Å². The van der Waals surface area contributed by atoms with E-state index in [0.717, 1.165) is 37.1 Å². The minimum Gasteiger partial charge on any atom is -0.399 e. The Balaban J connectivity index is 2.01. The van der Waals surface area contributed by atoms with E-state index in [2.05, 4.69) is 6.92 Å². The van der Waals surface area contributed by atoms with Crippen molar-refractivity contribution in [2.45, 2.75) is 52.0 Å². The molecule has 2 N–H and O–H groups in total. The lowest BCUT2D eigenvalue weighted by Gasteiger charge is -2.29. The molecule has 110 valence electrons. The molecule has 3 heteroatoms. The fraction of sp³-hybridized carbons (Fsp3) is 0.588. The third-order valence-electron chi connectivity index (χ3n) is 4.11. The van der Waals surface area contributed by atoms with Crippen LogP contribution < -0.4 is 5.73 Å². The van der Waals surface area contributed by atoms with Crippen LogP contribution in [0.15, 0.2) is 24.3 Å². The van der Waals surface area contributed by atoms with Crippen LogP contribution in [0.3, 0.4) is 0 Å². The van der Waals surface area contributed by atoms with Gasteiger partial charge < -0.3 is 10.6 Å². The van der Waals surface area contributed by atoms with E-state index < -0.39 is 0 Å². The number of hydrogen-bond donors (Lipinski definition) is 1. The highest BCUT2D eigenvalue weighted by Crippen LogP contribution is 2.26. The van der Waals surface area contributed by atoms with E-state index in [-0.39, 0.29) is 5.92 Å². The molecule has 1 aliphatic rings. The fourth-order valence-electron chi connectivity index (χ4n) is 2.99. The molecule has 1 aliphatic carbocycles. The molecular weight excluding hydrogens is 248 g/mol. The number of carbonyl (C=O) groups excluding carboxylic acids is 1. The maximum absolute atomic E-state index is 12.7. The van der Waals surface area contributed by atoms with Crippen LogP contribution in [0.4, 0.5) is 5.69 Å². The predicted molar refractivity (Wildman–Crippen MR) is 83.1 cm³/mol. The largest absolute Gasteiger partial charge is 0.399 e. The van der Waals surface area contributed by atoms with Crippen molar-refractivity contribution >= 4 is 11.6 Å². The highest BCUT2D eigenvalue weighted by atomic mass is 16.2. The van der Waals surface area contributed by atoms with Crippen LogP contribution in [-0.4, -0.2) is 17.4 Å². The molecule has 0 heterocycles. The van der Waals surface area contributed by atoms with Gasteiger partial charge in [0.15, 0.2) is 0 Å². The number of hydrogen-bond acceptors (Lipinski definition) is 2. The lowest BCUT2D eigenvalue weighted by molar-refractivity contribution is -0.137. The van der Waals surface area contributed by atoms with Gasteiger partial charge in [-0.05, 0) is 37.0 Å². The SMILES string of the molecule is CCCN(Cc1ccc(N)cc1)C(=O)C1CCCCC1. The summed E-state index contributed by atoms with van der Waals surface area (Å²) in [5.74, 6) is 0.604. The summed E-state index contributed by atoms with van der Waals surface area (Å²) in [6.45, 7) is 3.69. The van der Waals surface area contributed by atoms with Gasteiger partial charge in [-0.25, -0.2) is 0 Å². The quantitative estimate of drug-likeness (QED) is 0.834. The minimum absolute atomic E-state index is 0.254. The number of nitrogen functional groups attached to an aromatic ring is 1. The van der Waals surface area contributed by atoms with E-state index in [1.165, 1.54) is 19.3 Å². The van der Waals surface area contributed by atoms with Crippen LogP contribution in [0, 0.1) is 5.92 Å². The summed E-state index contributed by atoms with van der Waals surface area (Å²) in [7, 11) is 0. The van der Waals surface area contributed by atoms with E-state index in [4.69, 9.17) is 5.73 Å². The number of carbonyl (C=O) groups is 1. The number of rotatable bonds is 5. The maximum atomic E-state index is 12.7. The van der Waals surface area contributed by atoms with Crippen LogP contribution in [-0.2, 0) is 11.3 Å². The van der Waals surface area contributed by atoms with Crippen molar-refractivity contribution in [2.75, 3.05) is 12.3 Å². The van der Waals surface area contributed by atoms with Gasteiger partial charge in [0, 0.05) is 24.7 Å². The molecule has 0 aliphatic heterocycles. The van der Waals surface area contributed by atoms with Crippen LogP contribution in [0.1, 0.15) is 51.0 Å². The molecule has 0 spiro atoms. The molecule has 2 rings (SSSR count). The summed E-state index contributed by atoms with van der Waals surface area (Å²) in [6, 6.07) is 7.85. The number of nitrogens with two attached hydrogens (primary N) is 1. The Bertz CT molecular complexity index is 421. The highest BCUT2D eigenvalue weighted by Gasteiger charge is 2.25. The summed E-state index contributed by atoms with van der Waals surface area (Å²) in [4.78, 5) is 14.7. The zero-order valence-electron chi connectivity index (χ0n) is 12.5. The summed E-state index contributed by atoms with van der Waals surface area (Å²) < 4.78 is 0. The molecule has 1 aromatic rings. The number of nitrogens with zero attached hydrogens (tertiary/aromatic N) is 1. The van der Waals surface area contributed by atoms with Crippen LogP contribution in [0.2, 0.25) is 0 Å². The van der Waals surface area contributed by atoms with Gasteiger partial charge in [-0.15, -0.1) is 0 Å². The fourth-order valence-corrected chi connectivity index (χ4v) is 2.99. The third-order valence-corrected chi connectivity index (χ3v) is 4.11. The van der Waals surface area contributed by atoms with Gasteiger partial charge in [0.2, 0.25) is 5.91 Å². The second kappa shape index (κ2) is 7.32. The van der Waals surface area contributed by atoms with Crippen LogP contribution in [0.25, 0.3) is 0 Å². The van der Waals surface area contributed by atoms with Crippen molar-refractivity contribution in [3.8, 4) is 0 Å². The summed E-state index contributed by atoms with van der Waals surface area (Å²) in [6.07, 6.45) is 6.85. The van der Waals surface area contributed by atoms with Crippen molar-refractivity contribution in [1.82, 2.24) is 4.90 Å². The van der Waals surface area contributed by atoms with Gasteiger partial charge in [-0.2, -0.15) is 0 Å². The van der Waals surface area contributed by atoms with Crippen molar-refractivity contribution in [1.29, 1.82) is 0 Å². The molecule has 0 unspecified atom stereocenters. The molecule has 0 radical (unpaired) electrons. The monoisotopic (exact) mass is 274 g/mol. The summed E-state index contributed by atoms with van der Waals surface area (Å²) in [5, 5.41) is 0. The van der Waals surface area contributed by atoms with Gasteiger partial charge in [-0.3, -0.25) is 4.79 Å². The number of amides is 1. The molecule has 1 amide bonds. The molecule has 0 saturated heterocycles. The third kappa shape index (κ3) is 3.99. The second-order valence-corrected chi connectivity index (χ2v) is 5.84. The van der Waals surface area contributed by atoms with Crippen molar-refractivity contribution < 1.29 is 4.79 Å². The first-order chi connectivity index (χ1) is 9.70. The lowest BCUT2D eigenvalue weighted by Crippen LogP contribution is -2.37. The van der Waals surface area contributed by atoms with Gasteiger partial charge in [-0.1, -0.05) is 38.3 Å². The van der Waals surface area contributed by atoms with Crippen molar-refractivity contribution in [3.63, 3.8) is 0 Å². The van der Waals surface area contributed by atoms with E-state index in [9.17, 15) is 4.79 Å². The Labute approximate surface area is 122 Å². The molecule has 1 aromatic carbocycles. The molecule has 0 bridgehead atoms. The Kier molecular flexibility index (Phi) is 5.45.